The predicted molar refractivity (Wildman–Crippen MR) is 78.9 cm³/mol. The lowest BCUT2D eigenvalue weighted by atomic mass is 10.1. The van der Waals surface area contributed by atoms with Gasteiger partial charge >= 0.3 is 11.9 Å². The summed E-state index contributed by atoms with van der Waals surface area (Å²) in [6.45, 7) is 1.87. The van der Waals surface area contributed by atoms with E-state index < -0.39 is 11.9 Å². The van der Waals surface area contributed by atoms with Gasteiger partial charge in [0.15, 0.2) is 0 Å². The molecule has 4 nitrogen and oxygen atoms in total. The number of rotatable bonds is 3. The predicted octanol–water partition coefficient (Wildman–Crippen LogP) is 3.65. The molecular weight excluding hydrogens is 292 g/mol. The third-order valence-corrected chi connectivity index (χ3v) is 3.14. The molecule has 0 saturated heterocycles. The Hall–Kier alpha value is -2.33. The molecule has 0 spiro atoms. The number of hydrogen-bond donors (Lipinski definition) is 0. The Bertz CT molecular complexity index is 677. The monoisotopic (exact) mass is 304 g/mol. The quantitative estimate of drug-likeness (QED) is 0.641. The van der Waals surface area contributed by atoms with E-state index in [1.54, 1.807) is 12.1 Å². The van der Waals surface area contributed by atoms with Crippen LogP contribution in [0.1, 0.15) is 26.3 Å². The van der Waals surface area contributed by atoms with Gasteiger partial charge in [0, 0.05) is 0 Å². The van der Waals surface area contributed by atoms with Gasteiger partial charge in [-0.15, -0.1) is 0 Å². The zero-order valence-corrected chi connectivity index (χ0v) is 12.3. The van der Waals surface area contributed by atoms with Crippen LogP contribution in [0.5, 0.6) is 5.75 Å². The lowest BCUT2D eigenvalue weighted by Crippen LogP contribution is -2.09. The largest absolute Gasteiger partial charge is 0.465 e. The normalized spacial score (nSPS) is 10.0. The number of esters is 2. The smallest absolute Gasteiger partial charge is 0.343 e. The molecule has 2 rings (SSSR count). The molecule has 2 aromatic carbocycles. The molecule has 0 radical (unpaired) electrons. The van der Waals surface area contributed by atoms with Crippen molar-refractivity contribution >= 4 is 23.5 Å². The van der Waals surface area contributed by atoms with Crippen LogP contribution < -0.4 is 4.74 Å². The van der Waals surface area contributed by atoms with Gasteiger partial charge in [0.2, 0.25) is 0 Å². The molecule has 0 aliphatic heterocycles. The number of hydrogen-bond acceptors (Lipinski definition) is 4. The molecule has 0 fully saturated rings. The zero-order chi connectivity index (χ0) is 15.4. The molecule has 0 amide bonds. The highest BCUT2D eigenvalue weighted by Gasteiger charge is 2.12. The molecule has 108 valence electrons. The number of aryl methyl sites for hydroxylation is 1. The molecule has 2 aromatic rings. The van der Waals surface area contributed by atoms with Crippen LogP contribution >= 0.6 is 11.6 Å². The van der Waals surface area contributed by atoms with Crippen LogP contribution in [0, 0.1) is 6.92 Å². The van der Waals surface area contributed by atoms with Crippen LogP contribution in [-0.4, -0.2) is 19.0 Å². The molecule has 0 atom stereocenters. The molecule has 0 heterocycles. The van der Waals surface area contributed by atoms with Crippen molar-refractivity contribution in [2.24, 2.45) is 0 Å². The van der Waals surface area contributed by atoms with E-state index in [2.05, 4.69) is 4.74 Å². The second-order valence-electron chi connectivity index (χ2n) is 4.39. The fraction of sp³-hybridized carbons (Fsp3) is 0.125. The van der Waals surface area contributed by atoms with E-state index in [0.717, 1.165) is 5.56 Å². The number of carbonyl (C=O) groups excluding carboxylic acids is 2. The van der Waals surface area contributed by atoms with Gasteiger partial charge in [0.25, 0.3) is 0 Å². The van der Waals surface area contributed by atoms with Gasteiger partial charge in [0.05, 0.1) is 23.3 Å². The van der Waals surface area contributed by atoms with E-state index in [4.69, 9.17) is 16.3 Å². The third kappa shape index (κ3) is 3.61. The van der Waals surface area contributed by atoms with Crippen molar-refractivity contribution in [2.45, 2.75) is 6.92 Å². The minimum atomic E-state index is -0.543. The van der Waals surface area contributed by atoms with Crippen molar-refractivity contribution in [1.29, 1.82) is 0 Å². The van der Waals surface area contributed by atoms with Crippen LogP contribution in [0.15, 0.2) is 42.5 Å². The second kappa shape index (κ2) is 6.41. The molecule has 0 N–H and O–H groups in total. The van der Waals surface area contributed by atoms with Gasteiger partial charge in [-0.05, 0) is 48.9 Å². The highest BCUT2D eigenvalue weighted by Crippen LogP contribution is 2.26. The molecule has 5 heteroatoms. The van der Waals surface area contributed by atoms with E-state index >= 15 is 0 Å². The first kappa shape index (κ1) is 15.1. The number of methoxy groups -OCH3 is 1. The summed E-state index contributed by atoms with van der Waals surface area (Å²) in [4.78, 5) is 23.3. The lowest BCUT2D eigenvalue weighted by molar-refractivity contribution is 0.0599. The Labute approximate surface area is 127 Å². The van der Waals surface area contributed by atoms with E-state index in [1.165, 1.54) is 31.4 Å². The maximum atomic E-state index is 12.0. The Morgan fingerprint density at radius 2 is 1.52 bits per heavy atom. The van der Waals surface area contributed by atoms with Crippen molar-refractivity contribution in [3.8, 4) is 5.75 Å². The molecular formula is C16H13ClO4. The average molecular weight is 305 g/mol. The third-order valence-electron chi connectivity index (χ3n) is 2.83. The molecule has 0 aliphatic carbocycles. The van der Waals surface area contributed by atoms with Gasteiger partial charge in [0.1, 0.15) is 5.75 Å². The van der Waals surface area contributed by atoms with Crippen LogP contribution in [0.2, 0.25) is 5.02 Å². The summed E-state index contributed by atoms with van der Waals surface area (Å²) in [6, 6.07) is 11.2. The van der Waals surface area contributed by atoms with E-state index in [0.29, 0.717) is 21.9 Å². The molecule has 0 bridgehead atoms. The Morgan fingerprint density at radius 3 is 2.10 bits per heavy atom. The minimum Gasteiger partial charge on any atom is -0.465 e. The fourth-order valence-electron chi connectivity index (χ4n) is 1.71. The highest BCUT2D eigenvalue weighted by molar-refractivity contribution is 6.32. The van der Waals surface area contributed by atoms with Crippen molar-refractivity contribution in [3.05, 3.63) is 64.2 Å². The maximum absolute atomic E-state index is 12.0. The standard InChI is InChI=1S/C16H13ClO4/c1-10-3-8-13(17)14(9-10)21-16(19)12-6-4-11(5-7-12)15(18)20-2/h3-9H,1-2H3. The number of carbonyl (C=O) groups is 2. The summed E-state index contributed by atoms with van der Waals surface area (Å²) >= 11 is 5.97. The van der Waals surface area contributed by atoms with Crippen molar-refractivity contribution < 1.29 is 19.1 Å². The van der Waals surface area contributed by atoms with Crippen LogP contribution in [0.25, 0.3) is 0 Å². The van der Waals surface area contributed by atoms with Gasteiger partial charge in [-0.2, -0.15) is 0 Å². The Morgan fingerprint density at radius 1 is 0.952 bits per heavy atom. The summed E-state index contributed by atoms with van der Waals surface area (Å²) in [5, 5.41) is 0.361. The lowest BCUT2D eigenvalue weighted by Gasteiger charge is -2.07. The van der Waals surface area contributed by atoms with Crippen molar-refractivity contribution in [3.63, 3.8) is 0 Å². The second-order valence-corrected chi connectivity index (χ2v) is 4.80. The fourth-order valence-corrected chi connectivity index (χ4v) is 1.86. The average Bonchev–Trinajstić information content (AvgIpc) is 2.50. The number of benzene rings is 2. The van der Waals surface area contributed by atoms with E-state index in [1.807, 2.05) is 13.0 Å². The first-order valence-electron chi connectivity index (χ1n) is 6.18. The maximum Gasteiger partial charge on any atom is 0.343 e. The summed E-state index contributed by atoms with van der Waals surface area (Å²) in [5.41, 5.74) is 1.62. The molecule has 0 saturated carbocycles. The Kier molecular flexibility index (Phi) is 4.60. The Balaban J connectivity index is 2.17. The molecule has 21 heavy (non-hydrogen) atoms. The van der Waals surface area contributed by atoms with Crippen LogP contribution in [0.3, 0.4) is 0 Å². The molecule has 0 aliphatic rings. The number of halogens is 1. The first-order valence-corrected chi connectivity index (χ1v) is 6.56. The van der Waals surface area contributed by atoms with Gasteiger partial charge in [-0.25, -0.2) is 9.59 Å². The van der Waals surface area contributed by atoms with E-state index in [9.17, 15) is 9.59 Å². The van der Waals surface area contributed by atoms with E-state index in [-0.39, 0.29) is 0 Å². The number of ether oxygens (including phenoxy) is 2. The van der Waals surface area contributed by atoms with Gasteiger partial charge in [-0.3, -0.25) is 0 Å². The molecule has 0 aromatic heterocycles. The zero-order valence-electron chi connectivity index (χ0n) is 11.6. The van der Waals surface area contributed by atoms with Crippen LogP contribution in [0.4, 0.5) is 0 Å². The van der Waals surface area contributed by atoms with Crippen molar-refractivity contribution in [2.75, 3.05) is 7.11 Å². The summed E-state index contributed by atoms with van der Waals surface area (Å²) in [5.74, 6) is -0.700. The minimum absolute atomic E-state index is 0.304. The van der Waals surface area contributed by atoms with Gasteiger partial charge in [-0.1, -0.05) is 17.7 Å². The highest BCUT2D eigenvalue weighted by atomic mass is 35.5. The summed E-state index contributed by atoms with van der Waals surface area (Å²) < 4.78 is 9.84. The first-order chi connectivity index (χ1) is 10.0. The summed E-state index contributed by atoms with van der Waals surface area (Å²) in [6.07, 6.45) is 0. The van der Waals surface area contributed by atoms with Crippen molar-refractivity contribution in [1.82, 2.24) is 0 Å². The topological polar surface area (TPSA) is 52.6 Å². The summed E-state index contributed by atoms with van der Waals surface area (Å²) in [7, 11) is 1.30. The van der Waals surface area contributed by atoms with Gasteiger partial charge < -0.3 is 9.47 Å². The molecule has 0 unspecified atom stereocenters. The van der Waals surface area contributed by atoms with Crippen LogP contribution in [-0.2, 0) is 4.74 Å². The SMILES string of the molecule is COC(=O)c1ccc(C(=O)Oc2cc(C)ccc2Cl)cc1.